The predicted molar refractivity (Wildman–Crippen MR) is 76.8 cm³/mol. The lowest BCUT2D eigenvalue weighted by atomic mass is 10.00. The summed E-state index contributed by atoms with van der Waals surface area (Å²) in [5.74, 6) is 1.71. The first-order chi connectivity index (χ1) is 8.83. The number of fused-ring (bicyclic) bond motifs is 1. The predicted octanol–water partition coefficient (Wildman–Crippen LogP) is 2.75. The van der Waals surface area contributed by atoms with Gasteiger partial charge < -0.3 is 11.1 Å². The second-order valence-corrected chi connectivity index (χ2v) is 5.27. The molecule has 0 aromatic carbocycles. The Kier molecular flexibility index (Phi) is 5.00. The maximum absolute atomic E-state index is 5.66. The van der Waals surface area contributed by atoms with Crippen molar-refractivity contribution in [1.29, 1.82) is 0 Å². The zero-order valence-corrected chi connectivity index (χ0v) is 11.4. The SMILES string of the molecule is CCCC(CCN)CNc1ccc2c(n1)CCC2. The Hall–Kier alpha value is -1.09. The van der Waals surface area contributed by atoms with Crippen molar-refractivity contribution in [3.05, 3.63) is 23.4 Å². The van der Waals surface area contributed by atoms with Crippen LogP contribution in [0.5, 0.6) is 0 Å². The zero-order valence-electron chi connectivity index (χ0n) is 11.4. The summed E-state index contributed by atoms with van der Waals surface area (Å²) in [7, 11) is 0. The number of hydrogen-bond acceptors (Lipinski definition) is 3. The molecule has 1 aromatic rings. The number of nitrogens with one attached hydrogen (secondary N) is 1. The number of nitrogens with two attached hydrogens (primary N) is 1. The summed E-state index contributed by atoms with van der Waals surface area (Å²) in [5, 5.41) is 3.48. The fraction of sp³-hybridized carbons (Fsp3) is 0.667. The number of aromatic nitrogens is 1. The van der Waals surface area contributed by atoms with E-state index in [1.165, 1.54) is 36.9 Å². The molecule has 2 rings (SSSR count). The molecule has 0 fully saturated rings. The fourth-order valence-electron chi connectivity index (χ4n) is 2.76. The Labute approximate surface area is 110 Å². The Morgan fingerprint density at radius 2 is 2.22 bits per heavy atom. The van der Waals surface area contributed by atoms with Crippen LogP contribution in [0.4, 0.5) is 5.82 Å². The number of hydrogen-bond donors (Lipinski definition) is 2. The summed E-state index contributed by atoms with van der Waals surface area (Å²) in [6.07, 6.45) is 7.18. The molecule has 1 atom stereocenters. The highest BCUT2D eigenvalue weighted by atomic mass is 15.0. The second kappa shape index (κ2) is 6.74. The van der Waals surface area contributed by atoms with Gasteiger partial charge in [-0.3, -0.25) is 0 Å². The molecule has 0 aliphatic heterocycles. The summed E-state index contributed by atoms with van der Waals surface area (Å²) < 4.78 is 0. The van der Waals surface area contributed by atoms with Crippen LogP contribution in [0, 0.1) is 5.92 Å². The third-order valence-corrected chi connectivity index (χ3v) is 3.77. The number of aryl methyl sites for hydroxylation is 2. The van der Waals surface area contributed by atoms with E-state index >= 15 is 0 Å². The van der Waals surface area contributed by atoms with E-state index in [-0.39, 0.29) is 0 Å². The smallest absolute Gasteiger partial charge is 0.126 e. The molecule has 0 radical (unpaired) electrons. The molecule has 3 heteroatoms. The van der Waals surface area contributed by atoms with Gasteiger partial charge in [0.2, 0.25) is 0 Å². The molecule has 0 saturated heterocycles. The van der Waals surface area contributed by atoms with Crippen molar-refractivity contribution in [2.45, 2.75) is 45.4 Å². The molecule has 0 saturated carbocycles. The first kappa shape index (κ1) is 13.3. The monoisotopic (exact) mass is 247 g/mol. The first-order valence-corrected chi connectivity index (χ1v) is 7.26. The lowest BCUT2D eigenvalue weighted by Gasteiger charge is -2.16. The first-order valence-electron chi connectivity index (χ1n) is 7.26. The highest BCUT2D eigenvalue weighted by Crippen LogP contribution is 2.22. The Bertz CT molecular complexity index is 370. The average molecular weight is 247 g/mol. The van der Waals surface area contributed by atoms with Gasteiger partial charge in [-0.25, -0.2) is 4.98 Å². The lowest BCUT2D eigenvalue weighted by molar-refractivity contribution is 0.473. The summed E-state index contributed by atoms with van der Waals surface area (Å²) in [5.41, 5.74) is 8.39. The van der Waals surface area contributed by atoms with Gasteiger partial charge in [0.15, 0.2) is 0 Å². The van der Waals surface area contributed by atoms with Crippen LogP contribution in [0.2, 0.25) is 0 Å². The maximum atomic E-state index is 5.66. The van der Waals surface area contributed by atoms with Gasteiger partial charge in [-0.15, -0.1) is 0 Å². The highest BCUT2D eigenvalue weighted by molar-refractivity contribution is 5.40. The molecule has 100 valence electrons. The largest absolute Gasteiger partial charge is 0.370 e. The molecule has 0 bridgehead atoms. The molecule has 0 spiro atoms. The molecule has 1 aliphatic rings. The van der Waals surface area contributed by atoms with Crippen LogP contribution in [0.1, 0.15) is 43.9 Å². The van der Waals surface area contributed by atoms with E-state index in [4.69, 9.17) is 10.7 Å². The zero-order chi connectivity index (χ0) is 12.8. The summed E-state index contributed by atoms with van der Waals surface area (Å²) in [4.78, 5) is 4.70. The molecule has 1 unspecified atom stereocenters. The molecule has 3 nitrogen and oxygen atoms in total. The van der Waals surface area contributed by atoms with Gasteiger partial charge in [0.25, 0.3) is 0 Å². The quantitative estimate of drug-likeness (QED) is 0.779. The van der Waals surface area contributed by atoms with Gasteiger partial charge in [0.05, 0.1) is 0 Å². The van der Waals surface area contributed by atoms with Gasteiger partial charge in [-0.2, -0.15) is 0 Å². The van der Waals surface area contributed by atoms with Gasteiger partial charge in [0, 0.05) is 12.2 Å². The normalized spacial score (nSPS) is 15.4. The fourth-order valence-corrected chi connectivity index (χ4v) is 2.76. The topological polar surface area (TPSA) is 50.9 Å². The van der Waals surface area contributed by atoms with Crippen LogP contribution in [-0.4, -0.2) is 18.1 Å². The van der Waals surface area contributed by atoms with Gasteiger partial charge in [-0.1, -0.05) is 19.4 Å². The van der Waals surface area contributed by atoms with E-state index in [1.54, 1.807) is 0 Å². The Balaban J connectivity index is 1.88. The second-order valence-electron chi connectivity index (χ2n) is 5.27. The van der Waals surface area contributed by atoms with Gasteiger partial charge in [0.1, 0.15) is 5.82 Å². The van der Waals surface area contributed by atoms with Crippen molar-refractivity contribution in [1.82, 2.24) is 4.98 Å². The van der Waals surface area contributed by atoms with Crippen molar-refractivity contribution >= 4 is 5.82 Å². The van der Waals surface area contributed by atoms with Crippen molar-refractivity contribution in [2.75, 3.05) is 18.4 Å². The van der Waals surface area contributed by atoms with Crippen LogP contribution in [0.3, 0.4) is 0 Å². The number of rotatable bonds is 7. The standard InChI is InChI=1S/C15H25N3/c1-2-4-12(9-10-16)11-17-15-8-7-13-5-3-6-14(13)18-15/h7-8,12H,2-6,9-11,16H2,1H3,(H,17,18). The molecule has 1 aliphatic carbocycles. The van der Waals surface area contributed by atoms with E-state index in [0.717, 1.165) is 31.7 Å². The molecular formula is C15H25N3. The van der Waals surface area contributed by atoms with E-state index in [1.807, 2.05) is 0 Å². The minimum Gasteiger partial charge on any atom is -0.370 e. The molecule has 18 heavy (non-hydrogen) atoms. The Morgan fingerprint density at radius 3 is 3.00 bits per heavy atom. The number of pyridine rings is 1. The van der Waals surface area contributed by atoms with E-state index in [2.05, 4.69) is 24.4 Å². The van der Waals surface area contributed by atoms with Crippen LogP contribution >= 0.6 is 0 Å². The summed E-state index contributed by atoms with van der Waals surface area (Å²) in [6.45, 7) is 4.01. The van der Waals surface area contributed by atoms with Crippen molar-refractivity contribution in [3.8, 4) is 0 Å². The van der Waals surface area contributed by atoms with Crippen molar-refractivity contribution in [3.63, 3.8) is 0 Å². The maximum Gasteiger partial charge on any atom is 0.126 e. The third-order valence-electron chi connectivity index (χ3n) is 3.77. The van der Waals surface area contributed by atoms with Gasteiger partial charge in [-0.05, 0) is 56.2 Å². The van der Waals surface area contributed by atoms with E-state index < -0.39 is 0 Å². The van der Waals surface area contributed by atoms with Crippen LogP contribution in [0.15, 0.2) is 12.1 Å². The van der Waals surface area contributed by atoms with Crippen molar-refractivity contribution < 1.29 is 0 Å². The molecule has 0 amide bonds. The minimum absolute atomic E-state index is 0.676. The minimum atomic E-state index is 0.676. The van der Waals surface area contributed by atoms with Crippen molar-refractivity contribution in [2.24, 2.45) is 11.7 Å². The number of anilines is 1. The highest BCUT2D eigenvalue weighted by Gasteiger charge is 2.13. The van der Waals surface area contributed by atoms with E-state index in [9.17, 15) is 0 Å². The molecule has 1 heterocycles. The molecule has 1 aromatic heterocycles. The van der Waals surface area contributed by atoms with Crippen LogP contribution < -0.4 is 11.1 Å². The summed E-state index contributed by atoms with van der Waals surface area (Å²) in [6, 6.07) is 4.35. The van der Waals surface area contributed by atoms with Gasteiger partial charge >= 0.3 is 0 Å². The molecule has 3 N–H and O–H groups in total. The third kappa shape index (κ3) is 3.45. The molecular weight excluding hydrogens is 222 g/mol. The van der Waals surface area contributed by atoms with Crippen LogP contribution in [0.25, 0.3) is 0 Å². The lowest BCUT2D eigenvalue weighted by Crippen LogP contribution is -2.18. The Morgan fingerprint density at radius 1 is 1.33 bits per heavy atom. The van der Waals surface area contributed by atoms with Crippen LogP contribution in [-0.2, 0) is 12.8 Å². The number of nitrogens with zero attached hydrogens (tertiary/aromatic N) is 1. The van der Waals surface area contributed by atoms with E-state index in [0.29, 0.717) is 5.92 Å². The average Bonchev–Trinajstić information content (AvgIpc) is 2.84. The summed E-state index contributed by atoms with van der Waals surface area (Å²) >= 11 is 0.